The summed E-state index contributed by atoms with van der Waals surface area (Å²) in [4.78, 5) is 3.91. The van der Waals surface area contributed by atoms with Gasteiger partial charge in [-0.15, -0.1) is 0 Å². The van der Waals surface area contributed by atoms with Crippen molar-refractivity contribution in [3.63, 3.8) is 0 Å². The van der Waals surface area contributed by atoms with Crippen LogP contribution in [-0.2, 0) is 0 Å². The Morgan fingerprint density at radius 1 is 1.11 bits per heavy atom. The van der Waals surface area contributed by atoms with Gasteiger partial charge in [-0.2, -0.15) is 5.26 Å². The van der Waals surface area contributed by atoms with Gasteiger partial charge in [-0.1, -0.05) is 30.2 Å². The lowest BCUT2D eigenvalue weighted by atomic mass is 10.1. The maximum atomic E-state index is 9.88. The fraction of sp³-hybridized carbons (Fsp3) is 0. The van der Waals surface area contributed by atoms with Crippen LogP contribution in [0.25, 0.3) is 5.57 Å². The van der Waals surface area contributed by atoms with Crippen molar-refractivity contribution in [2.75, 3.05) is 0 Å². The molecule has 3 heteroatoms. The van der Waals surface area contributed by atoms with Gasteiger partial charge >= 0.3 is 0 Å². The highest BCUT2D eigenvalue weighted by Crippen LogP contribution is 2.14. The molecular formula is C16H10N2O. The molecule has 0 unspecified atom stereocenters. The number of rotatable bonds is 1. The molecule has 0 amide bonds. The normalized spacial score (nSPS) is 10.7. The van der Waals surface area contributed by atoms with Crippen molar-refractivity contribution in [3.8, 4) is 17.9 Å². The van der Waals surface area contributed by atoms with Crippen LogP contribution in [0.5, 0.6) is 0 Å². The summed E-state index contributed by atoms with van der Waals surface area (Å²) in [6.07, 6.45) is 3.12. The average molecular weight is 246 g/mol. The Hall–Kier alpha value is -3.04. The lowest BCUT2D eigenvalue weighted by Gasteiger charge is -1.97. The fourth-order valence-electron chi connectivity index (χ4n) is 1.48. The zero-order valence-corrected chi connectivity index (χ0v) is 10.0. The molecule has 2 aromatic rings. The molecule has 0 spiro atoms. The van der Waals surface area contributed by atoms with Crippen molar-refractivity contribution < 1.29 is 5.11 Å². The maximum Gasteiger partial charge on any atom is 0.186 e. The first-order chi connectivity index (χ1) is 9.31. The van der Waals surface area contributed by atoms with Gasteiger partial charge in [-0.3, -0.25) is 4.98 Å². The number of nitriles is 1. The predicted molar refractivity (Wildman–Crippen MR) is 72.7 cm³/mol. The number of hydrogen-bond donors (Lipinski definition) is 1. The minimum absolute atomic E-state index is 0.122. The summed E-state index contributed by atoms with van der Waals surface area (Å²) in [5, 5.41) is 19.0. The first-order valence-electron chi connectivity index (χ1n) is 5.62. The molecular weight excluding hydrogens is 236 g/mol. The molecule has 0 saturated carbocycles. The predicted octanol–water partition coefficient (Wildman–Crippen LogP) is 2.93. The van der Waals surface area contributed by atoms with Gasteiger partial charge in [0.25, 0.3) is 0 Å². The van der Waals surface area contributed by atoms with Gasteiger partial charge in [-0.05, 0) is 24.1 Å². The Morgan fingerprint density at radius 3 is 2.53 bits per heavy atom. The van der Waals surface area contributed by atoms with Crippen molar-refractivity contribution in [2.45, 2.75) is 0 Å². The van der Waals surface area contributed by atoms with Gasteiger partial charge in [0.2, 0.25) is 0 Å². The van der Waals surface area contributed by atoms with Crippen LogP contribution >= 0.6 is 0 Å². The lowest BCUT2D eigenvalue weighted by molar-refractivity contribution is 0.442. The summed E-state index contributed by atoms with van der Waals surface area (Å²) in [7, 11) is 0. The SMILES string of the molecule is N#C/C(=C(\O)C#Cc1ccccc1)c1cccnc1. The van der Waals surface area contributed by atoms with Gasteiger partial charge in [-0.25, -0.2) is 0 Å². The Kier molecular flexibility index (Phi) is 3.95. The van der Waals surface area contributed by atoms with Crippen LogP contribution in [0.2, 0.25) is 0 Å². The molecule has 2 rings (SSSR count). The van der Waals surface area contributed by atoms with E-state index >= 15 is 0 Å². The molecule has 0 aliphatic heterocycles. The van der Waals surface area contributed by atoms with E-state index in [1.165, 1.54) is 6.20 Å². The standard InChI is InChI=1S/C16H10N2O/c17-11-15(14-7-4-10-18-12-14)16(19)9-8-13-5-2-1-3-6-13/h1-7,10,12,19H/b16-15+. The van der Waals surface area contributed by atoms with Crippen LogP contribution in [0.3, 0.4) is 0 Å². The second-order valence-electron chi connectivity index (χ2n) is 3.69. The molecule has 0 saturated heterocycles. The zero-order valence-electron chi connectivity index (χ0n) is 10.0. The summed E-state index contributed by atoms with van der Waals surface area (Å²) in [5.74, 6) is 5.13. The molecule has 0 radical (unpaired) electrons. The van der Waals surface area contributed by atoms with Crippen LogP contribution in [0.15, 0.2) is 60.6 Å². The van der Waals surface area contributed by atoms with Gasteiger partial charge in [0.15, 0.2) is 5.76 Å². The van der Waals surface area contributed by atoms with Crippen LogP contribution in [0.1, 0.15) is 11.1 Å². The van der Waals surface area contributed by atoms with Crippen LogP contribution in [-0.4, -0.2) is 10.1 Å². The smallest absolute Gasteiger partial charge is 0.186 e. The van der Waals surface area contributed by atoms with Crippen molar-refractivity contribution in [2.24, 2.45) is 0 Å². The zero-order chi connectivity index (χ0) is 13.5. The largest absolute Gasteiger partial charge is 0.500 e. The number of aromatic nitrogens is 1. The Balaban J connectivity index is 2.37. The topological polar surface area (TPSA) is 56.9 Å². The van der Waals surface area contributed by atoms with Gasteiger partial charge in [0.05, 0.1) is 0 Å². The summed E-state index contributed by atoms with van der Waals surface area (Å²) in [6, 6.07) is 14.6. The highest BCUT2D eigenvalue weighted by Gasteiger charge is 2.05. The Bertz CT molecular complexity index is 686. The molecule has 1 heterocycles. The minimum Gasteiger partial charge on any atom is -0.500 e. The van der Waals surface area contributed by atoms with E-state index in [1.54, 1.807) is 18.3 Å². The number of pyridine rings is 1. The van der Waals surface area contributed by atoms with E-state index in [9.17, 15) is 5.11 Å². The van der Waals surface area contributed by atoms with E-state index in [0.29, 0.717) is 5.56 Å². The van der Waals surface area contributed by atoms with Crippen molar-refractivity contribution in [3.05, 3.63) is 71.7 Å². The third kappa shape index (κ3) is 3.21. The highest BCUT2D eigenvalue weighted by atomic mass is 16.3. The molecule has 1 N–H and O–H groups in total. The monoisotopic (exact) mass is 246 g/mol. The van der Waals surface area contributed by atoms with Crippen molar-refractivity contribution in [1.82, 2.24) is 4.98 Å². The summed E-state index contributed by atoms with van der Waals surface area (Å²) in [5.41, 5.74) is 1.44. The third-order valence-corrected chi connectivity index (χ3v) is 2.40. The number of aliphatic hydroxyl groups is 1. The summed E-state index contributed by atoms with van der Waals surface area (Å²) in [6.45, 7) is 0. The van der Waals surface area contributed by atoms with Crippen LogP contribution in [0.4, 0.5) is 0 Å². The molecule has 0 fully saturated rings. The Labute approximate surface area is 111 Å². The first-order valence-corrected chi connectivity index (χ1v) is 5.62. The van der Waals surface area contributed by atoms with Gasteiger partial charge < -0.3 is 5.11 Å². The first kappa shape index (κ1) is 12.4. The quantitative estimate of drug-likeness (QED) is 0.478. The minimum atomic E-state index is -0.251. The number of benzene rings is 1. The number of allylic oxidation sites excluding steroid dienone is 2. The molecule has 19 heavy (non-hydrogen) atoms. The molecule has 1 aromatic heterocycles. The highest BCUT2D eigenvalue weighted by molar-refractivity contribution is 5.80. The summed E-state index contributed by atoms with van der Waals surface area (Å²) < 4.78 is 0. The van der Waals surface area contributed by atoms with Crippen LogP contribution in [0, 0.1) is 23.2 Å². The Morgan fingerprint density at radius 2 is 1.89 bits per heavy atom. The van der Waals surface area contributed by atoms with E-state index in [4.69, 9.17) is 5.26 Å². The van der Waals surface area contributed by atoms with E-state index in [1.807, 2.05) is 36.4 Å². The van der Waals surface area contributed by atoms with Crippen LogP contribution < -0.4 is 0 Å². The molecule has 3 nitrogen and oxygen atoms in total. The van der Waals surface area contributed by atoms with E-state index in [-0.39, 0.29) is 11.3 Å². The third-order valence-electron chi connectivity index (χ3n) is 2.40. The van der Waals surface area contributed by atoms with E-state index < -0.39 is 0 Å². The molecule has 90 valence electrons. The maximum absolute atomic E-state index is 9.88. The lowest BCUT2D eigenvalue weighted by Crippen LogP contribution is -1.88. The second kappa shape index (κ2) is 6.05. The summed E-state index contributed by atoms with van der Waals surface area (Å²) >= 11 is 0. The van der Waals surface area contributed by atoms with Gasteiger partial charge in [0.1, 0.15) is 11.6 Å². The molecule has 0 aliphatic rings. The van der Waals surface area contributed by atoms with Crippen molar-refractivity contribution >= 4 is 5.57 Å². The van der Waals surface area contributed by atoms with Crippen molar-refractivity contribution in [1.29, 1.82) is 5.26 Å². The number of nitrogens with zero attached hydrogens (tertiary/aromatic N) is 2. The molecule has 1 aromatic carbocycles. The number of hydrogen-bond acceptors (Lipinski definition) is 3. The molecule has 0 bridgehead atoms. The fourth-order valence-corrected chi connectivity index (χ4v) is 1.48. The van der Waals surface area contributed by atoms with E-state index in [2.05, 4.69) is 16.8 Å². The molecule has 0 atom stereocenters. The second-order valence-corrected chi connectivity index (χ2v) is 3.69. The van der Waals surface area contributed by atoms with E-state index in [0.717, 1.165) is 5.56 Å². The average Bonchev–Trinajstić information content (AvgIpc) is 2.48. The number of aliphatic hydroxyl groups excluding tert-OH is 1. The van der Waals surface area contributed by atoms with Gasteiger partial charge in [0, 0.05) is 23.5 Å². The molecule has 0 aliphatic carbocycles.